The average Bonchev–Trinajstić information content (AvgIpc) is 2.46. The second-order valence-corrected chi connectivity index (χ2v) is 4.56. The first kappa shape index (κ1) is 14.1. The minimum absolute atomic E-state index is 0.0305. The van der Waals surface area contributed by atoms with Gasteiger partial charge in [0.2, 0.25) is 0 Å². The number of anilines is 1. The molecule has 1 atom stereocenters. The highest BCUT2D eigenvalue weighted by Crippen LogP contribution is 2.17. The maximum atomic E-state index is 11.7. The Morgan fingerprint density at radius 2 is 1.95 bits per heavy atom. The fraction of sp³-hybridized carbons (Fsp3) is 0.188. The van der Waals surface area contributed by atoms with E-state index in [0.29, 0.717) is 5.75 Å². The first-order valence-electron chi connectivity index (χ1n) is 6.48. The molecule has 0 radical (unpaired) electrons. The number of nitrogens with one attached hydrogen (secondary N) is 1. The summed E-state index contributed by atoms with van der Waals surface area (Å²) < 4.78 is 5.46. The zero-order valence-electron chi connectivity index (χ0n) is 11.4. The van der Waals surface area contributed by atoms with Crippen LogP contribution in [0.2, 0.25) is 0 Å². The monoisotopic (exact) mass is 270 g/mol. The van der Waals surface area contributed by atoms with Crippen LogP contribution in [0.1, 0.15) is 18.5 Å². The molecule has 0 spiro atoms. The fourth-order valence-corrected chi connectivity index (χ4v) is 1.75. The minimum atomic E-state index is -0.192. The lowest BCUT2D eigenvalue weighted by Gasteiger charge is -2.10. The minimum Gasteiger partial charge on any atom is -0.484 e. The second-order valence-electron chi connectivity index (χ2n) is 4.56. The molecule has 0 aromatic heterocycles. The van der Waals surface area contributed by atoms with Crippen molar-refractivity contribution in [1.29, 1.82) is 0 Å². The van der Waals surface area contributed by atoms with Crippen LogP contribution in [-0.4, -0.2) is 12.5 Å². The van der Waals surface area contributed by atoms with E-state index in [4.69, 9.17) is 10.5 Å². The van der Waals surface area contributed by atoms with E-state index in [1.54, 1.807) is 0 Å². The normalized spacial score (nSPS) is 11.7. The van der Waals surface area contributed by atoms with Gasteiger partial charge in [0.25, 0.3) is 5.91 Å². The molecule has 0 heterocycles. The van der Waals surface area contributed by atoms with Crippen molar-refractivity contribution in [3.05, 3.63) is 60.2 Å². The lowest BCUT2D eigenvalue weighted by molar-refractivity contribution is -0.118. The number of carbonyl (C=O) groups is 1. The third-order valence-corrected chi connectivity index (χ3v) is 2.81. The summed E-state index contributed by atoms with van der Waals surface area (Å²) in [7, 11) is 0. The van der Waals surface area contributed by atoms with E-state index >= 15 is 0 Å². The maximum Gasteiger partial charge on any atom is 0.262 e. The van der Waals surface area contributed by atoms with Crippen molar-refractivity contribution < 1.29 is 9.53 Å². The molecule has 0 aliphatic rings. The maximum absolute atomic E-state index is 11.7. The SMILES string of the molecule is CC(N)c1cccc(OCC(=O)Nc2ccccc2)c1. The van der Waals surface area contributed by atoms with Gasteiger partial charge in [0.05, 0.1) is 0 Å². The van der Waals surface area contributed by atoms with Crippen molar-refractivity contribution in [3.8, 4) is 5.75 Å². The number of benzene rings is 2. The van der Waals surface area contributed by atoms with Gasteiger partial charge in [-0.15, -0.1) is 0 Å². The van der Waals surface area contributed by atoms with Gasteiger partial charge in [0.1, 0.15) is 5.75 Å². The van der Waals surface area contributed by atoms with Crippen molar-refractivity contribution >= 4 is 11.6 Å². The van der Waals surface area contributed by atoms with Gasteiger partial charge in [-0.05, 0) is 36.8 Å². The molecule has 0 aliphatic carbocycles. The predicted molar refractivity (Wildman–Crippen MR) is 79.6 cm³/mol. The van der Waals surface area contributed by atoms with Gasteiger partial charge < -0.3 is 15.8 Å². The molecule has 3 N–H and O–H groups in total. The van der Waals surface area contributed by atoms with E-state index in [9.17, 15) is 4.79 Å². The molecule has 2 rings (SSSR count). The number of hydrogen-bond acceptors (Lipinski definition) is 3. The lowest BCUT2D eigenvalue weighted by Crippen LogP contribution is -2.20. The van der Waals surface area contributed by atoms with Gasteiger partial charge in [0.15, 0.2) is 6.61 Å². The molecule has 104 valence electrons. The largest absolute Gasteiger partial charge is 0.484 e. The molecular weight excluding hydrogens is 252 g/mol. The van der Waals surface area contributed by atoms with Gasteiger partial charge in [0, 0.05) is 11.7 Å². The molecule has 0 bridgehead atoms. The number of rotatable bonds is 5. The van der Waals surface area contributed by atoms with Gasteiger partial charge in [-0.2, -0.15) is 0 Å². The van der Waals surface area contributed by atoms with Crippen LogP contribution < -0.4 is 15.8 Å². The second kappa shape index (κ2) is 6.73. The standard InChI is InChI=1S/C16H18N2O2/c1-12(17)13-6-5-9-15(10-13)20-11-16(19)18-14-7-3-2-4-8-14/h2-10,12H,11,17H2,1H3,(H,18,19). The Balaban J connectivity index is 1.89. The van der Waals surface area contributed by atoms with Gasteiger partial charge in [-0.1, -0.05) is 30.3 Å². The van der Waals surface area contributed by atoms with Crippen LogP contribution in [0.3, 0.4) is 0 Å². The number of para-hydroxylation sites is 1. The molecule has 2 aromatic carbocycles. The van der Waals surface area contributed by atoms with Crippen molar-refractivity contribution in [3.63, 3.8) is 0 Å². The first-order chi connectivity index (χ1) is 9.65. The summed E-state index contributed by atoms with van der Waals surface area (Å²) >= 11 is 0. The van der Waals surface area contributed by atoms with Crippen LogP contribution in [0.5, 0.6) is 5.75 Å². The number of hydrogen-bond donors (Lipinski definition) is 2. The summed E-state index contributed by atoms with van der Waals surface area (Å²) in [6.45, 7) is 1.87. The van der Waals surface area contributed by atoms with E-state index < -0.39 is 0 Å². The Bertz CT molecular complexity index is 568. The number of carbonyl (C=O) groups excluding carboxylic acids is 1. The van der Waals surface area contributed by atoms with E-state index in [0.717, 1.165) is 11.3 Å². The molecule has 4 heteroatoms. The summed E-state index contributed by atoms with van der Waals surface area (Å²) in [4.78, 5) is 11.7. The Hall–Kier alpha value is -2.33. The van der Waals surface area contributed by atoms with Gasteiger partial charge in [-0.25, -0.2) is 0 Å². The quantitative estimate of drug-likeness (QED) is 0.878. The van der Waals surface area contributed by atoms with Crippen molar-refractivity contribution in [1.82, 2.24) is 0 Å². The number of amides is 1. The van der Waals surface area contributed by atoms with Crippen molar-refractivity contribution in [2.75, 3.05) is 11.9 Å². The lowest BCUT2D eigenvalue weighted by atomic mass is 10.1. The van der Waals surface area contributed by atoms with Crippen LogP contribution in [0.15, 0.2) is 54.6 Å². The van der Waals surface area contributed by atoms with Crippen molar-refractivity contribution in [2.45, 2.75) is 13.0 Å². The molecule has 4 nitrogen and oxygen atoms in total. The third-order valence-electron chi connectivity index (χ3n) is 2.81. The molecule has 0 saturated carbocycles. The fourth-order valence-electron chi connectivity index (χ4n) is 1.75. The van der Waals surface area contributed by atoms with E-state index in [1.165, 1.54) is 0 Å². The van der Waals surface area contributed by atoms with Crippen LogP contribution in [0, 0.1) is 0 Å². The highest BCUT2D eigenvalue weighted by molar-refractivity contribution is 5.91. The predicted octanol–water partition coefficient (Wildman–Crippen LogP) is 2.72. The first-order valence-corrected chi connectivity index (χ1v) is 6.48. The Labute approximate surface area is 118 Å². The Morgan fingerprint density at radius 3 is 2.65 bits per heavy atom. The molecular formula is C16H18N2O2. The molecule has 0 aliphatic heterocycles. The number of nitrogens with two attached hydrogens (primary N) is 1. The van der Waals surface area contributed by atoms with E-state index in [2.05, 4.69) is 5.32 Å². The summed E-state index contributed by atoms with van der Waals surface area (Å²) in [5.74, 6) is 0.449. The molecule has 1 unspecified atom stereocenters. The van der Waals surface area contributed by atoms with Crippen LogP contribution in [0.4, 0.5) is 5.69 Å². The molecule has 0 fully saturated rings. The topological polar surface area (TPSA) is 64.3 Å². The zero-order valence-corrected chi connectivity index (χ0v) is 11.4. The average molecular weight is 270 g/mol. The van der Waals surface area contributed by atoms with Crippen LogP contribution in [-0.2, 0) is 4.79 Å². The molecule has 0 saturated heterocycles. The smallest absolute Gasteiger partial charge is 0.262 e. The zero-order chi connectivity index (χ0) is 14.4. The van der Waals surface area contributed by atoms with Crippen LogP contribution >= 0.6 is 0 Å². The summed E-state index contributed by atoms with van der Waals surface area (Å²) in [6, 6.07) is 16.7. The highest BCUT2D eigenvalue weighted by atomic mass is 16.5. The Morgan fingerprint density at radius 1 is 1.20 bits per heavy atom. The van der Waals surface area contributed by atoms with Crippen molar-refractivity contribution in [2.24, 2.45) is 5.73 Å². The van der Waals surface area contributed by atoms with Gasteiger partial charge in [-0.3, -0.25) is 4.79 Å². The summed E-state index contributed by atoms with van der Waals surface area (Å²) in [5, 5.41) is 2.76. The highest BCUT2D eigenvalue weighted by Gasteiger charge is 2.05. The number of ether oxygens (including phenoxy) is 1. The van der Waals surface area contributed by atoms with Crippen LogP contribution in [0.25, 0.3) is 0 Å². The third kappa shape index (κ3) is 4.10. The Kier molecular flexibility index (Phi) is 4.74. The molecule has 1 amide bonds. The van der Waals surface area contributed by atoms with E-state index in [1.807, 2.05) is 61.5 Å². The molecule has 20 heavy (non-hydrogen) atoms. The van der Waals surface area contributed by atoms with Gasteiger partial charge >= 0.3 is 0 Å². The molecule has 2 aromatic rings. The summed E-state index contributed by atoms with van der Waals surface area (Å²) in [6.07, 6.45) is 0. The summed E-state index contributed by atoms with van der Waals surface area (Å²) in [5.41, 5.74) is 7.54. The van der Waals surface area contributed by atoms with E-state index in [-0.39, 0.29) is 18.6 Å².